The second-order valence-corrected chi connectivity index (χ2v) is 6.28. The average molecular weight is 309 g/mol. The molecule has 0 aromatic rings. The summed E-state index contributed by atoms with van der Waals surface area (Å²) < 4.78 is 0. The van der Waals surface area contributed by atoms with Gasteiger partial charge in [-0.1, -0.05) is 33.1 Å². The van der Waals surface area contributed by atoms with Crippen LogP contribution in [0.5, 0.6) is 0 Å². The van der Waals surface area contributed by atoms with Gasteiger partial charge in [0.2, 0.25) is 5.91 Å². The second-order valence-electron chi connectivity index (χ2n) is 5.13. The molecule has 5 heteroatoms. The molecule has 2 N–H and O–H groups in total. The predicted molar refractivity (Wildman–Crippen MR) is 87.3 cm³/mol. The molecule has 3 nitrogen and oxygen atoms in total. The molecule has 0 radical (unpaired) electrons. The van der Waals surface area contributed by atoms with Gasteiger partial charge in [0.25, 0.3) is 0 Å². The van der Waals surface area contributed by atoms with Gasteiger partial charge in [-0.25, -0.2) is 0 Å². The third kappa shape index (κ3) is 8.77. The highest BCUT2D eigenvalue weighted by molar-refractivity contribution is 7.99. The van der Waals surface area contributed by atoms with E-state index in [2.05, 4.69) is 24.5 Å². The Balaban J connectivity index is 0.00000324. The van der Waals surface area contributed by atoms with E-state index in [-0.39, 0.29) is 18.3 Å². The number of carbonyl (C=O) groups excluding carboxylic acids is 1. The molecule has 0 aromatic heterocycles. The molecule has 1 heterocycles. The van der Waals surface area contributed by atoms with Crippen molar-refractivity contribution in [1.82, 2.24) is 10.6 Å². The zero-order chi connectivity index (χ0) is 13.2. The van der Waals surface area contributed by atoms with Gasteiger partial charge < -0.3 is 10.6 Å². The quantitative estimate of drug-likeness (QED) is 0.724. The summed E-state index contributed by atoms with van der Waals surface area (Å²) >= 11 is 1.95. The monoisotopic (exact) mass is 308 g/mol. The molecule has 114 valence electrons. The minimum absolute atomic E-state index is 0. The topological polar surface area (TPSA) is 41.1 Å². The summed E-state index contributed by atoms with van der Waals surface area (Å²) in [5, 5.41) is 6.63. The average Bonchev–Trinajstić information content (AvgIpc) is 2.37. The Morgan fingerprint density at radius 1 is 1.37 bits per heavy atom. The first kappa shape index (κ1) is 19.1. The van der Waals surface area contributed by atoms with Crippen molar-refractivity contribution in [2.75, 3.05) is 18.1 Å². The van der Waals surface area contributed by atoms with Crippen LogP contribution in [0.2, 0.25) is 0 Å². The molecule has 2 atom stereocenters. The smallest absolute Gasteiger partial charge is 0.221 e. The van der Waals surface area contributed by atoms with Gasteiger partial charge >= 0.3 is 0 Å². The van der Waals surface area contributed by atoms with Gasteiger partial charge in [-0.3, -0.25) is 4.79 Å². The Hall–Kier alpha value is 0.0700. The fraction of sp³-hybridized carbons (Fsp3) is 0.929. The highest BCUT2D eigenvalue weighted by atomic mass is 35.5. The van der Waals surface area contributed by atoms with Crippen LogP contribution >= 0.6 is 24.2 Å². The third-order valence-corrected chi connectivity index (χ3v) is 4.47. The van der Waals surface area contributed by atoms with E-state index in [4.69, 9.17) is 0 Å². The van der Waals surface area contributed by atoms with Gasteiger partial charge in [0.15, 0.2) is 0 Å². The van der Waals surface area contributed by atoms with Crippen LogP contribution in [0.1, 0.15) is 52.4 Å². The number of nitrogens with one attached hydrogen (secondary N) is 2. The molecule has 19 heavy (non-hydrogen) atoms. The number of hydrogen-bond donors (Lipinski definition) is 2. The molecule has 1 saturated heterocycles. The lowest BCUT2D eigenvalue weighted by atomic mass is 10.0. The summed E-state index contributed by atoms with van der Waals surface area (Å²) in [4.78, 5) is 12.0. The van der Waals surface area contributed by atoms with Crippen molar-refractivity contribution in [3.8, 4) is 0 Å². The van der Waals surface area contributed by atoms with E-state index in [9.17, 15) is 4.79 Å². The predicted octanol–water partition coefficient (Wildman–Crippen LogP) is 2.98. The van der Waals surface area contributed by atoms with E-state index < -0.39 is 0 Å². The van der Waals surface area contributed by atoms with Gasteiger partial charge in [0, 0.05) is 36.6 Å². The van der Waals surface area contributed by atoms with Crippen LogP contribution in [0.3, 0.4) is 0 Å². The van der Waals surface area contributed by atoms with Crippen molar-refractivity contribution in [3.63, 3.8) is 0 Å². The van der Waals surface area contributed by atoms with Crippen molar-refractivity contribution in [2.45, 2.75) is 64.5 Å². The standard InChI is InChI=1S/C14H28N2OS.ClH/c1-3-5-7-12(6-4-2)16-14(17)10-13-11-18-9-8-15-13;/h12-13,15H,3-11H2,1-2H3,(H,16,17);1H. The van der Waals surface area contributed by atoms with Gasteiger partial charge in [-0.15, -0.1) is 12.4 Å². The highest BCUT2D eigenvalue weighted by Gasteiger charge is 2.18. The summed E-state index contributed by atoms with van der Waals surface area (Å²) in [6, 6.07) is 0.760. The highest BCUT2D eigenvalue weighted by Crippen LogP contribution is 2.11. The first-order valence-electron chi connectivity index (χ1n) is 7.36. The maximum Gasteiger partial charge on any atom is 0.221 e. The van der Waals surface area contributed by atoms with Crippen LogP contribution < -0.4 is 10.6 Å². The van der Waals surface area contributed by atoms with Crippen molar-refractivity contribution >= 4 is 30.1 Å². The Labute approximate surface area is 128 Å². The van der Waals surface area contributed by atoms with Crippen molar-refractivity contribution < 1.29 is 4.79 Å². The fourth-order valence-corrected chi connectivity index (χ4v) is 3.30. The number of halogens is 1. The van der Waals surface area contributed by atoms with E-state index in [1.807, 2.05) is 11.8 Å². The second kappa shape index (κ2) is 11.9. The maximum atomic E-state index is 12.0. The summed E-state index contributed by atoms with van der Waals surface area (Å²) in [7, 11) is 0. The minimum atomic E-state index is 0. The largest absolute Gasteiger partial charge is 0.353 e. The summed E-state index contributed by atoms with van der Waals surface area (Å²) in [5.74, 6) is 2.47. The number of hydrogen-bond acceptors (Lipinski definition) is 3. The van der Waals surface area contributed by atoms with Crippen LogP contribution in [-0.4, -0.2) is 36.0 Å². The lowest BCUT2D eigenvalue weighted by Gasteiger charge is -2.24. The van der Waals surface area contributed by atoms with Crippen LogP contribution in [-0.2, 0) is 4.79 Å². The molecule has 0 spiro atoms. The van der Waals surface area contributed by atoms with E-state index in [0.29, 0.717) is 18.5 Å². The first-order valence-corrected chi connectivity index (χ1v) is 8.52. The molecule has 1 fully saturated rings. The van der Waals surface area contributed by atoms with E-state index in [1.54, 1.807) is 0 Å². The fourth-order valence-electron chi connectivity index (χ4n) is 2.35. The molecule has 2 unspecified atom stereocenters. The molecular weight excluding hydrogens is 280 g/mol. The van der Waals surface area contributed by atoms with Crippen LogP contribution in [0.15, 0.2) is 0 Å². The Morgan fingerprint density at radius 3 is 2.74 bits per heavy atom. The lowest BCUT2D eigenvalue weighted by Crippen LogP contribution is -2.43. The number of thioether (sulfide) groups is 1. The lowest BCUT2D eigenvalue weighted by molar-refractivity contribution is -0.122. The van der Waals surface area contributed by atoms with Gasteiger partial charge in [0.1, 0.15) is 0 Å². The number of rotatable bonds is 8. The Kier molecular flexibility index (Phi) is 11.9. The number of amides is 1. The molecule has 1 aliphatic rings. The van der Waals surface area contributed by atoms with Crippen molar-refractivity contribution in [1.29, 1.82) is 0 Å². The molecule has 0 saturated carbocycles. The molecule has 0 bridgehead atoms. The summed E-state index contributed by atoms with van der Waals surface area (Å²) in [6.07, 6.45) is 6.44. The van der Waals surface area contributed by atoms with Crippen LogP contribution in [0.25, 0.3) is 0 Å². The van der Waals surface area contributed by atoms with E-state index in [1.165, 1.54) is 18.6 Å². The number of carbonyl (C=O) groups is 1. The zero-order valence-corrected chi connectivity index (χ0v) is 13.9. The summed E-state index contributed by atoms with van der Waals surface area (Å²) in [5.41, 5.74) is 0. The maximum absolute atomic E-state index is 12.0. The third-order valence-electron chi connectivity index (χ3n) is 3.34. The SMILES string of the molecule is CCCCC(CCC)NC(=O)CC1CSCCN1.Cl. The van der Waals surface area contributed by atoms with E-state index >= 15 is 0 Å². The van der Waals surface area contributed by atoms with E-state index in [0.717, 1.165) is 31.6 Å². The van der Waals surface area contributed by atoms with Gasteiger partial charge in [0.05, 0.1) is 0 Å². The zero-order valence-electron chi connectivity index (χ0n) is 12.2. The molecule has 1 rings (SSSR count). The molecule has 0 aromatic carbocycles. The Bertz CT molecular complexity index is 235. The minimum Gasteiger partial charge on any atom is -0.353 e. The van der Waals surface area contributed by atoms with Crippen molar-refractivity contribution in [3.05, 3.63) is 0 Å². The molecule has 1 aliphatic heterocycles. The normalized spacial score (nSPS) is 20.4. The van der Waals surface area contributed by atoms with Gasteiger partial charge in [-0.2, -0.15) is 11.8 Å². The van der Waals surface area contributed by atoms with Crippen molar-refractivity contribution in [2.24, 2.45) is 0 Å². The van der Waals surface area contributed by atoms with Crippen LogP contribution in [0.4, 0.5) is 0 Å². The first-order chi connectivity index (χ1) is 8.76. The molecule has 0 aliphatic carbocycles. The number of unbranched alkanes of at least 4 members (excludes halogenated alkanes) is 1. The molecule has 1 amide bonds. The Morgan fingerprint density at radius 2 is 2.16 bits per heavy atom. The summed E-state index contributed by atoms with van der Waals surface area (Å²) in [6.45, 7) is 5.43. The molecular formula is C14H29ClN2OS. The van der Waals surface area contributed by atoms with Crippen LogP contribution in [0, 0.1) is 0 Å². The van der Waals surface area contributed by atoms with Gasteiger partial charge in [-0.05, 0) is 12.8 Å².